The molecule has 1 fully saturated rings. The second-order valence-corrected chi connectivity index (χ2v) is 8.32. The Bertz CT molecular complexity index is 845. The normalized spacial score (nSPS) is 19.4. The summed E-state index contributed by atoms with van der Waals surface area (Å²) in [6, 6.07) is 4.01. The molecule has 1 unspecified atom stereocenters. The third kappa shape index (κ3) is 6.83. The highest BCUT2D eigenvalue weighted by Crippen LogP contribution is 2.31. The van der Waals surface area contributed by atoms with E-state index in [4.69, 9.17) is 24.2 Å². The molecule has 1 N–H and O–H groups in total. The lowest BCUT2D eigenvalue weighted by Crippen LogP contribution is -2.34. The number of fused-ring (bicyclic) bond motifs is 1. The molecular formula is C22H30F3N3O4. The van der Waals surface area contributed by atoms with Crippen molar-refractivity contribution in [2.75, 3.05) is 19.8 Å². The third-order valence-electron chi connectivity index (χ3n) is 5.77. The lowest BCUT2D eigenvalue weighted by atomic mass is 9.97. The highest BCUT2D eigenvalue weighted by atomic mass is 19.4. The number of aromatic nitrogens is 2. The molecule has 0 aromatic carbocycles. The van der Waals surface area contributed by atoms with Crippen molar-refractivity contribution in [2.45, 2.75) is 64.3 Å². The van der Waals surface area contributed by atoms with Crippen LogP contribution in [0, 0.1) is 5.92 Å². The van der Waals surface area contributed by atoms with E-state index in [2.05, 4.69) is 28.8 Å². The smallest absolute Gasteiger partial charge is 0.475 e. The van der Waals surface area contributed by atoms with Crippen LogP contribution in [0.1, 0.15) is 55.5 Å². The second kappa shape index (κ2) is 11.0. The average molecular weight is 457 g/mol. The van der Waals surface area contributed by atoms with E-state index in [1.807, 2.05) is 6.07 Å². The molecule has 32 heavy (non-hydrogen) atoms. The van der Waals surface area contributed by atoms with Gasteiger partial charge in [-0.3, -0.25) is 9.58 Å². The number of hydrogen-bond acceptors (Lipinski definition) is 5. The molecule has 10 heteroatoms. The summed E-state index contributed by atoms with van der Waals surface area (Å²) in [4.78, 5) is 11.3. The molecule has 7 nitrogen and oxygen atoms in total. The molecule has 0 bridgehead atoms. The van der Waals surface area contributed by atoms with Crippen LogP contribution in [0.15, 0.2) is 29.0 Å². The van der Waals surface area contributed by atoms with Crippen molar-refractivity contribution in [3.63, 3.8) is 0 Å². The van der Waals surface area contributed by atoms with Crippen LogP contribution in [0.2, 0.25) is 0 Å². The van der Waals surface area contributed by atoms with Gasteiger partial charge in [0, 0.05) is 43.9 Å². The van der Waals surface area contributed by atoms with Gasteiger partial charge in [0.05, 0.1) is 25.1 Å². The van der Waals surface area contributed by atoms with Crippen molar-refractivity contribution >= 4 is 5.97 Å². The molecular weight excluding hydrogens is 427 g/mol. The van der Waals surface area contributed by atoms with Gasteiger partial charge < -0.3 is 14.3 Å². The first-order valence-electron chi connectivity index (χ1n) is 10.9. The number of ether oxygens (including phenoxy) is 1. The lowest BCUT2D eigenvalue weighted by molar-refractivity contribution is -0.192. The molecule has 2 aromatic rings. The van der Waals surface area contributed by atoms with E-state index in [9.17, 15) is 13.2 Å². The van der Waals surface area contributed by atoms with Gasteiger partial charge >= 0.3 is 12.1 Å². The minimum atomic E-state index is -5.08. The Morgan fingerprint density at radius 1 is 1.34 bits per heavy atom. The molecule has 0 radical (unpaired) electrons. The zero-order chi connectivity index (χ0) is 23.1. The van der Waals surface area contributed by atoms with E-state index in [0.717, 1.165) is 51.1 Å². The van der Waals surface area contributed by atoms with Gasteiger partial charge in [-0.25, -0.2) is 4.79 Å². The van der Waals surface area contributed by atoms with Crippen molar-refractivity contribution in [1.82, 2.24) is 14.7 Å². The Hall–Kier alpha value is -2.33. The first-order valence-corrected chi connectivity index (χ1v) is 10.9. The second-order valence-electron chi connectivity index (χ2n) is 8.32. The number of aliphatic carboxylic acids is 1. The Labute approximate surface area is 185 Å². The number of alkyl halides is 3. The molecule has 2 aliphatic rings. The Kier molecular flexibility index (Phi) is 8.36. The Morgan fingerprint density at radius 2 is 2.06 bits per heavy atom. The maximum absolute atomic E-state index is 10.6. The summed E-state index contributed by atoms with van der Waals surface area (Å²) in [6.45, 7) is 7.42. The highest BCUT2D eigenvalue weighted by Gasteiger charge is 2.38. The molecule has 3 heterocycles. The van der Waals surface area contributed by atoms with E-state index in [0.29, 0.717) is 5.92 Å². The number of halogens is 3. The molecule has 0 saturated heterocycles. The van der Waals surface area contributed by atoms with Crippen LogP contribution in [0.5, 0.6) is 0 Å². The minimum absolute atomic E-state index is 0.350. The first kappa shape index (κ1) is 24.3. The fourth-order valence-electron chi connectivity index (χ4n) is 4.33. The van der Waals surface area contributed by atoms with Gasteiger partial charge in [0.2, 0.25) is 0 Å². The maximum Gasteiger partial charge on any atom is 0.490 e. The number of furan rings is 1. The molecule has 0 amide bonds. The van der Waals surface area contributed by atoms with Gasteiger partial charge in [-0.1, -0.05) is 12.8 Å². The van der Waals surface area contributed by atoms with Crippen molar-refractivity contribution in [3.8, 4) is 0 Å². The van der Waals surface area contributed by atoms with Crippen LogP contribution in [0.4, 0.5) is 13.2 Å². The quantitative estimate of drug-likeness (QED) is 0.662. The van der Waals surface area contributed by atoms with E-state index >= 15 is 0 Å². The van der Waals surface area contributed by atoms with Crippen LogP contribution < -0.4 is 0 Å². The third-order valence-corrected chi connectivity index (χ3v) is 5.77. The zero-order valence-corrected chi connectivity index (χ0v) is 18.2. The van der Waals surface area contributed by atoms with Crippen molar-refractivity contribution in [3.05, 3.63) is 41.6 Å². The number of rotatable bonds is 7. The summed E-state index contributed by atoms with van der Waals surface area (Å²) in [6.07, 6.45) is 4.43. The van der Waals surface area contributed by atoms with Crippen molar-refractivity contribution < 1.29 is 32.2 Å². The molecule has 4 rings (SSSR count). The predicted molar refractivity (Wildman–Crippen MR) is 110 cm³/mol. The minimum Gasteiger partial charge on any atom is -0.475 e. The van der Waals surface area contributed by atoms with E-state index in [-0.39, 0.29) is 0 Å². The molecule has 0 spiro atoms. The number of hydrogen-bond donors (Lipinski definition) is 1. The van der Waals surface area contributed by atoms with Gasteiger partial charge in [-0.2, -0.15) is 18.3 Å². The van der Waals surface area contributed by atoms with Crippen LogP contribution in [0.25, 0.3) is 0 Å². The maximum atomic E-state index is 10.6. The molecule has 1 atom stereocenters. The van der Waals surface area contributed by atoms with Crippen LogP contribution >= 0.6 is 0 Å². The number of nitrogens with zero attached hydrogens (tertiary/aromatic N) is 3. The van der Waals surface area contributed by atoms with E-state index < -0.39 is 12.1 Å². The molecule has 178 valence electrons. The van der Waals surface area contributed by atoms with Crippen LogP contribution in [0.3, 0.4) is 0 Å². The summed E-state index contributed by atoms with van der Waals surface area (Å²) < 4.78 is 45.2. The molecule has 1 saturated carbocycles. The molecule has 2 aromatic heterocycles. The number of carboxylic acids is 1. The summed E-state index contributed by atoms with van der Waals surface area (Å²) in [5.41, 5.74) is 2.61. The SMILES string of the molecule is CCOCC1CN(Cc2ccco2)Cc2cn(CC3CCCC3)nc21.O=C(O)C(F)(F)F. The lowest BCUT2D eigenvalue weighted by Gasteiger charge is -2.31. The summed E-state index contributed by atoms with van der Waals surface area (Å²) in [5, 5.41) is 12.1. The van der Waals surface area contributed by atoms with Gasteiger partial charge in [0.1, 0.15) is 5.76 Å². The molecule has 1 aliphatic heterocycles. The fraction of sp³-hybridized carbons (Fsp3) is 0.636. The van der Waals surface area contributed by atoms with Gasteiger partial charge in [-0.05, 0) is 37.8 Å². The molecule has 1 aliphatic carbocycles. The Morgan fingerprint density at radius 3 is 2.66 bits per heavy atom. The van der Waals surface area contributed by atoms with Gasteiger partial charge in [-0.15, -0.1) is 0 Å². The standard InChI is InChI=1S/C20H29N3O2.C2HF3O2/c1-2-24-15-18-12-22(14-19-8-5-9-25-19)11-17-13-23(21-20(17)18)10-16-6-3-4-7-16;3-2(4,5)1(6)7/h5,8-9,13,16,18H,2-4,6-7,10-12,14-15H2,1H3;(H,6,7). The largest absolute Gasteiger partial charge is 0.490 e. The number of carbonyl (C=O) groups is 1. The van der Waals surface area contributed by atoms with E-state index in [1.165, 1.54) is 36.9 Å². The fourth-order valence-corrected chi connectivity index (χ4v) is 4.33. The van der Waals surface area contributed by atoms with Crippen LogP contribution in [-0.4, -0.2) is 51.7 Å². The van der Waals surface area contributed by atoms with Crippen LogP contribution in [-0.2, 0) is 29.2 Å². The van der Waals surface area contributed by atoms with E-state index in [1.54, 1.807) is 6.26 Å². The summed E-state index contributed by atoms with van der Waals surface area (Å²) in [7, 11) is 0. The van der Waals surface area contributed by atoms with Crippen molar-refractivity contribution in [1.29, 1.82) is 0 Å². The van der Waals surface area contributed by atoms with Crippen molar-refractivity contribution in [2.24, 2.45) is 5.92 Å². The highest BCUT2D eigenvalue weighted by molar-refractivity contribution is 5.73. The van der Waals surface area contributed by atoms with Gasteiger partial charge in [0.25, 0.3) is 0 Å². The zero-order valence-electron chi connectivity index (χ0n) is 18.2. The Balaban J connectivity index is 0.000000360. The average Bonchev–Trinajstić information content (AvgIpc) is 3.48. The van der Waals surface area contributed by atoms with Gasteiger partial charge in [0.15, 0.2) is 0 Å². The summed E-state index contributed by atoms with van der Waals surface area (Å²) in [5.74, 6) is -0.570. The monoisotopic (exact) mass is 457 g/mol. The number of carboxylic acid groups (broad SMARTS) is 1. The first-order chi connectivity index (χ1) is 15.3. The topological polar surface area (TPSA) is 80.7 Å². The predicted octanol–water partition coefficient (Wildman–Crippen LogP) is 4.44. The summed E-state index contributed by atoms with van der Waals surface area (Å²) >= 11 is 0.